The summed E-state index contributed by atoms with van der Waals surface area (Å²) in [7, 11) is 0. The van der Waals surface area contributed by atoms with Crippen LogP contribution >= 0.6 is 22.9 Å². The number of ether oxygens (including phenoxy) is 1. The smallest absolute Gasteiger partial charge is 0.405 e. The van der Waals surface area contributed by atoms with E-state index in [9.17, 15) is 22.8 Å². The molecule has 4 heterocycles. The summed E-state index contributed by atoms with van der Waals surface area (Å²) in [5, 5.41) is 3.77. The van der Waals surface area contributed by atoms with Gasteiger partial charge in [0.05, 0.1) is 15.3 Å². The van der Waals surface area contributed by atoms with Crippen LogP contribution in [0.25, 0.3) is 10.1 Å². The first-order valence-corrected chi connectivity index (χ1v) is 14.9. The maximum absolute atomic E-state index is 13.2. The molecule has 214 valence electrons. The zero-order valence-corrected chi connectivity index (χ0v) is 23.5. The molecule has 0 radical (unpaired) electrons. The Bertz CT molecular complexity index is 1560. The van der Waals surface area contributed by atoms with Crippen LogP contribution in [0.2, 0.25) is 0 Å². The van der Waals surface area contributed by atoms with Gasteiger partial charge in [-0.2, -0.15) is 4.37 Å². The second-order valence-corrected chi connectivity index (χ2v) is 11.7. The van der Waals surface area contributed by atoms with E-state index in [2.05, 4.69) is 31.1 Å². The number of hydrogen-bond donors (Lipinski definition) is 0. The van der Waals surface area contributed by atoms with E-state index >= 15 is 0 Å². The number of rotatable bonds is 5. The summed E-state index contributed by atoms with van der Waals surface area (Å²) in [6.45, 7) is 3.30. The van der Waals surface area contributed by atoms with Crippen molar-refractivity contribution in [3.63, 3.8) is 0 Å². The zero-order chi connectivity index (χ0) is 28.6. The normalized spacial score (nSPS) is 16.8. The lowest BCUT2D eigenvalue weighted by atomic mass is 9.97. The van der Waals surface area contributed by atoms with Gasteiger partial charge in [-0.3, -0.25) is 9.59 Å². The lowest BCUT2D eigenvalue weighted by Crippen LogP contribution is -2.49. The van der Waals surface area contributed by atoms with Crippen molar-refractivity contribution in [1.29, 1.82) is 0 Å². The van der Waals surface area contributed by atoms with E-state index in [1.54, 1.807) is 10.3 Å². The van der Waals surface area contributed by atoms with Crippen LogP contribution in [0.3, 0.4) is 0 Å². The maximum Gasteiger partial charge on any atom is 0.573 e. The number of piperazine rings is 1. The van der Waals surface area contributed by atoms with Crippen molar-refractivity contribution in [3.8, 4) is 5.75 Å². The number of amides is 2. The number of nitrogens with zero attached hydrogens (tertiary/aromatic N) is 5. The first-order chi connectivity index (χ1) is 19.8. The minimum atomic E-state index is -4.88. The van der Waals surface area contributed by atoms with Gasteiger partial charge in [-0.05, 0) is 48.6 Å². The summed E-state index contributed by atoms with van der Waals surface area (Å²) in [5.41, 5.74) is 0.308. The molecule has 2 aromatic heterocycles. The molecule has 0 bridgehead atoms. The highest BCUT2D eigenvalue weighted by atomic mass is 32.1. The molecule has 0 spiro atoms. The molecule has 2 amide bonds. The van der Waals surface area contributed by atoms with Crippen molar-refractivity contribution in [2.75, 3.05) is 44.2 Å². The standard InChI is InChI=1S/C28H26F3N5O3S2/c29-28(30,31)39-22-7-3-1-5-19(22)26(37)35-11-9-18(10-12-35)25-32-21(17-40-25)27(38)36-15-13-34(14-16-36)24-20-6-2-4-8-23(20)41-33-24/h1-8,17-18H,9-16H2. The number of anilines is 1. The molecule has 2 aliphatic heterocycles. The Morgan fingerprint density at radius 1 is 0.878 bits per heavy atom. The number of fused-ring (bicyclic) bond motifs is 1. The lowest BCUT2D eigenvalue weighted by molar-refractivity contribution is -0.274. The minimum absolute atomic E-state index is 0.0714. The minimum Gasteiger partial charge on any atom is -0.405 e. The van der Waals surface area contributed by atoms with Gasteiger partial charge in [0.2, 0.25) is 0 Å². The van der Waals surface area contributed by atoms with Gasteiger partial charge in [-0.25, -0.2) is 4.98 Å². The van der Waals surface area contributed by atoms with E-state index < -0.39 is 18.0 Å². The van der Waals surface area contributed by atoms with E-state index in [1.165, 1.54) is 41.1 Å². The Morgan fingerprint density at radius 3 is 2.32 bits per heavy atom. The number of piperidine rings is 1. The summed E-state index contributed by atoms with van der Waals surface area (Å²) >= 11 is 2.92. The van der Waals surface area contributed by atoms with Crippen molar-refractivity contribution >= 4 is 50.6 Å². The number of alkyl halides is 3. The Morgan fingerprint density at radius 2 is 1.56 bits per heavy atom. The second kappa shape index (κ2) is 11.3. The molecule has 13 heteroatoms. The highest BCUT2D eigenvalue weighted by molar-refractivity contribution is 7.13. The molecule has 2 saturated heterocycles. The summed E-state index contributed by atoms with van der Waals surface area (Å²) in [4.78, 5) is 36.5. The van der Waals surface area contributed by atoms with Gasteiger partial charge in [-0.15, -0.1) is 24.5 Å². The van der Waals surface area contributed by atoms with Gasteiger partial charge in [0.1, 0.15) is 17.3 Å². The fourth-order valence-corrected chi connectivity index (χ4v) is 7.08. The van der Waals surface area contributed by atoms with Gasteiger partial charge in [-0.1, -0.05) is 24.3 Å². The lowest BCUT2D eigenvalue weighted by Gasteiger charge is -2.34. The van der Waals surface area contributed by atoms with Crippen LogP contribution in [0.4, 0.5) is 19.0 Å². The average molecular weight is 602 g/mol. The molecule has 0 N–H and O–H groups in total. The number of thiazole rings is 1. The van der Waals surface area contributed by atoms with Crippen LogP contribution in [-0.4, -0.2) is 76.6 Å². The van der Waals surface area contributed by atoms with Gasteiger partial charge < -0.3 is 19.4 Å². The summed E-state index contributed by atoms with van der Waals surface area (Å²) in [6.07, 6.45) is -3.67. The molecule has 41 heavy (non-hydrogen) atoms. The maximum atomic E-state index is 13.2. The van der Waals surface area contributed by atoms with Crippen molar-refractivity contribution in [2.45, 2.75) is 25.1 Å². The van der Waals surface area contributed by atoms with Crippen molar-refractivity contribution < 1.29 is 27.5 Å². The molecule has 4 aromatic rings. The molecular weight excluding hydrogens is 575 g/mol. The number of benzene rings is 2. The number of aromatic nitrogens is 2. The summed E-state index contributed by atoms with van der Waals surface area (Å²) in [6, 6.07) is 13.5. The molecular formula is C28H26F3N5O3S2. The van der Waals surface area contributed by atoms with Crippen molar-refractivity contribution in [1.82, 2.24) is 19.2 Å². The van der Waals surface area contributed by atoms with Gasteiger partial charge in [0, 0.05) is 56.0 Å². The topological polar surface area (TPSA) is 78.9 Å². The first-order valence-electron chi connectivity index (χ1n) is 13.2. The van der Waals surface area contributed by atoms with E-state index in [-0.39, 0.29) is 17.4 Å². The average Bonchev–Trinajstić information content (AvgIpc) is 3.64. The highest BCUT2D eigenvalue weighted by Gasteiger charge is 2.34. The van der Waals surface area contributed by atoms with E-state index in [4.69, 9.17) is 0 Å². The van der Waals surface area contributed by atoms with Crippen LogP contribution < -0.4 is 9.64 Å². The van der Waals surface area contributed by atoms with Crippen LogP contribution in [0.1, 0.15) is 44.6 Å². The van der Waals surface area contributed by atoms with Crippen LogP contribution in [0, 0.1) is 0 Å². The number of hydrogen-bond acceptors (Lipinski definition) is 8. The van der Waals surface area contributed by atoms with Crippen molar-refractivity contribution in [2.24, 2.45) is 0 Å². The number of para-hydroxylation sites is 1. The predicted octanol–water partition coefficient (Wildman–Crippen LogP) is 5.63. The van der Waals surface area contributed by atoms with E-state index in [0.717, 1.165) is 27.0 Å². The van der Waals surface area contributed by atoms with E-state index in [0.29, 0.717) is 57.8 Å². The third-order valence-corrected chi connectivity index (χ3v) is 9.26. The van der Waals surface area contributed by atoms with Crippen LogP contribution in [0.5, 0.6) is 5.75 Å². The highest BCUT2D eigenvalue weighted by Crippen LogP contribution is 2.34. The van der Waals surface area contributed by atoms with Crippen molar-refractivity contribution in [3.05, 3.63) is 70.2 Å². The first kappa shape index (κ1) is 27.5. The number of carbonyl (C=O) groups excluding carboxylic acids is 2. The molecule has 8 nitrogen and oxygen atoms in total. The molecule has 2 aliphatic rings. The zero-order valence-electron chi connectivity index (χ0n) is 21.8. The molecule has 0 saturated carbocycles. The molecule has 2 aromatic carbocycles. The van der Waals surface area contributed by atoms with E-state index in [1.807, 2.05) is 17.0 Å². The molecule has 2 fully saturated rings. The number of likely N-dealkylation sites (tertiary alicyclic amines) is 1. The molecule has 0 unspecified atom stereocenters. The quantitative estimate of drug-likeness (QED) is 0.295. The van der Waals surface area contributed by atoms with Gasteiger partial charge in [0.25, 0.3) is 11.8 Å². The predicted molar refractivity (Wildman–Crippen MR) is 151 cm³/mol. The third-order valence-electron chi connectivity index (χ3n) is 7.44. The largest absolute Gasteiger partial charge is 0.573 e. The van der Waals surface area contributed by atoms with Crippen LogP contribution in [-0.2, 0) is 0 Å². The van der Waals surface area contributed by atoms with Crippen LogP contribution in [0.15, 0.2) is 53.9 Å². The second-order valence-electron chi connectivity index (χ2n) is 9.96. The Hall–Kier alpha value is -3.71. The van der Waals surface area contributed by atoms with Gasteiger partial charge in [0.15, 0.2) is 0 Å². The summed E-state index contributed by atoms with van der Waals surface area (Å²) in [5.74, 6) is -0.0554. The van der Waals surface area contributed by atoms with Gasteiger partial charge >= 0.3 is 6.36 Å². The molecule has 0 aliphatic carbocycles. The fourth-order valence-electron chi connectivity index (χ4n) is 5.31. The third kappa shape index (κ3) is 5.87. The Labute approximate surface area is 242 Å². The Kier molecular flexibility index (Phi) is 7.56. The molecule has 6 rings (SSSR count). The number of halogens is 3. The number of carbonyl (C=O) groups is 2. The SMILES string of the molecule is O=C(c1csc(C2CCN(C(=O)c3ccccc3OC(F)(F)F)CC2)n1)N1CCN(c2nsc3ccccc23)CC1. The summed E-state index contributed by atoms with van der Waals surface area (Å²) < 4.78 is 48.2. The fraction of sp³-hybridized carbons (Fsp3) is 0.357. The molecule has 0 atom stereocenters. The monoisotopic (exact) mass is 601 g/mol. The Balaban J connectivity index is 1.04.